The van der Waals surface area contributed by atoms with Crippen LogP contribution in [-0.4, -0.2) is 43.2 Å². The van der Waals surface area contributed by atoms with Crippen molar-refractivity contribution in [2.75, 3.05) is 27.3 Å². The second kappa shape index (κ2) is 11.7. The summed E-state index contributed by atoms with van der Waals surface area (Å²) in [4.78, 5) is 21.2. The van der Waals surface area contributed by atoms with E-state index in [4.69, 9.17) is 9.47 Å². The summed E-state index contributed by atoms with van der Waals surface area (Å²) < 4.78 is 10.7. The van der Waals surface area contributed by atoms with E-state index >= 15 is 0 Å². The number of carbonyl (C=O) groups is 1. The fourth-order valence-electron chi connectivity index (χ4n) is 3.28. The average molecular weight is 421 g/mol. The highest BCUT2D eigenvalue weighted by Crippen LogP contribution is 2.30. The van der Waals surface area contributed by atoms with Gasteiger partial charge in [-0.3, -0.25) is 14.8 Å². The number of pyridine rings is 2. The van der Waals surface area contributed by atoms with Gasteiger partial charge in [0.05, 0.1) is 14.2 Å². The molecular weight excluding hydrogens is 392 g/mol. The molecule has 1 aromatic carbocycles. The molecule has 0 saturated heterocycles. The molecule has 7 heteroatoms. The van der Waals surface area contributed by atoms with Gasteiger partial charge in [0, 0.05) is 37.9 Å². The van der Waals surface area contributed by atoms with Crippen molar-refractivity contribution in [2.24, 2.45) is 0 Å². The molecular formula is C24H28N4O3. The smallest absolute Gasteiger partial charge is 0.241 e. The third-order valence-electron chi connectivity index (χ3n) is 4.95. The zero-order chi connectivity index (χ0) is 21.9. The molecule has 3 rings (SSSR count). The summed E-state index contributed by atoms with van der Waals surface area (Å²) >= 11 is 0. The Bertz CT molecular complexity index is 952. The molecule has 0 spiro atoms. The van der Waals surface area contributed by atoms with Gasteiger partial charge in [-0.05, 0) is 59.9 Å². The highest BCUT2D eigenvalue weighted by atomic mass is 16.5. The van der Waals surface area contributed by atoms with Gasteiger partial charge in [-0.2, -0.15) is 0 Å². The fraction of sp³-hybridized carbons (Fsp3) is 0.292. The molecule has 0 radical (unpaired) electrons. The van der Waals surface area contributed by atoms with Crippen molar-refractivity contribution in [3.63, 3.8) is 0 Å². The van der Waals surface area contributed by atoms with Crippen molar-refractivity contribution in [2.45, 2.75) is 18.9 Å². The number of rotatable bonds is 11. The first-order valence-electron chi connectivity index (χ1n) is 10.2. The van der Waals surface area contributed by atoms with Crippen molar-refractivity contribution in [1.29, 1.82) is 0 Å². The molecule has 3 aromatic rings. The first-order chi connectivity index (χ1) is 15.2. The molecule has 0 saturated carbocycles. The second-order valence-corrected chi connectivity index (χ2v) is 7.01. The quantitative estimate of drug-likeness (QED) is 0.496. The molecule has 0 aliphatic rings. The lowest BCUT2D eigenvalue weighted by atomic mass is 10.0. The molecule has 2 aromatic heterocycles. The molecule has 31 heavy (non-hydrogen) atoms. The van der Waals surface area contributed by atoms with Crippen LogP contribution in [-0.2, 0) is 17.6 Å². The largest absolute Gasteiger partial charge is 0.493 e. The van der Waals surface area contributed by atoms with Crippen LogP contribution in [0.15, 0.2) is 67.3 Å². The lowest BCUT2D eigenvalue weighted by molar-refractivity contribution is -0.123. The number of benzene rings is 1. The van der Waals surface area contributed by atoms with E-state index in [0.717, 1.165) is 29.5 Å². The van der Waals surface area contributed by atoms with Gasteiger partial charge in [0.1, 0.15) is 6.04 Å². The number of hydrogen-bond donors (Lipinski definition) is 2. The SMILES string of the molecule is COc1ccc(C(NCCc2cccnc2)C(=O)NCCc2ccncc2)cc1OC. The van der Waals surface area contributed by atoms with E-state index in [1.54, 1.807) is 32.8 Å². The summed E-state index contributed by atoms with van der Waals surface area (Å²) in [5.74, 6) is 1.12. The van der Waals surface area contributed by atoms with Crippen molar-refractivity contribution in [3.8, 4) is 11.5 Å². The summed E-state index contributed by atoms with van der Waals surface area (Å²) in [5, 5.41) is 6.41. The van der Waals surface area contributed by atoms with Crippen molar-refractivity contribution < 1.29 is 14.3 Å². The Morgan fingerprint density at radius 3 is 2.39 bits per heavy atom. The Balaban J connectivity index is 1.69. The number of amides is 1. The first-order valence-corrected chi connectivity index (χ1v) is 10.2. The normalized spacial score (nSPS) is 11.5. The number of aromatic nitrogens is 2. The van der Waals surface area contributed by atoms with E-state index in [9.17, 15) is 4.79 Å². The van der Waals surface area contributed by atoms with Crippen LogP contribution >= 0.6 is 0 Å². The number of methoxy groups -OCH3 is 2. The molecule has 1 amide bonds. The summed E-state index contributed by atoms with van der Waals surface area (Å²) in [6.07, 6.45) is 8.60. The molecule has 1 unspecified atom stereocenters. The molecule has 0 aliphatic carbocycles. The first kappa shape index (κ1) is 22.2. The van der Waals surface area contributed by atoms with Gasteiger partial charge in [-0.15, -0.1) is 0 Å². The van der Waals surface area contributed by atoms with Crippen LogP contribution in [0.3, 0.4) is 0 Å². The Morgan fingerprint density at radius 1 is 0.903 bits per heavy atom. The lowest BCUT2D eigenvalue weighted by Crippen LogP contribution is -2.39. The van der Waals surface area contributed by atoms with Gasteiger partial charge in [-0.1, -0.05) is 12.1 Å². The minimum Gasteiger partial charge on any atom is -0.493 e. The van der Waals surface area contributed by atoms with Gasteiger partial charge < -0.3 is 20.1 Å². The van der Waals surface area contributed by atoms with E-state index < -0.39 is 6.04 Å². The Labute approximate surface area is 182 Å². The van der Waals surface area contributed by atoms with Crippen molar-refractivity contribution in [3.05, 3.63) is 83.9 Å². The monoisotopic (exact) mass is 420 g/mol. The fourth-order valence-corrected chi connectivity index (χ4v) is 3.28. The molecule has 0 aliphatic heterocycles. The van der Waals surface area contributed by atoms with Crippen molar-refractivity contribution in [1.82, 2.24) is 20.6 Å². The van der Waals surface area contributed by atoms with E-state index in [2.05, 4.69) is 20.6 Å². The molecule has 7 nitrogen and oxygen atoms in total. The number of hydrogen-bond acceptors (Lipinski definition) is 6. The van der Waals surface area contributed by atoms with E-state index in [-0.39, 0.29) is 5.91 Å². The van der Waals surface area contributed by atoms with Gasteiger partial charge >= 0.3 is 0 Å². The summed E-state index contributed by atoms with van der Waals surface area (Å²) in [6, 6.07) is 12.8. The van der Waals surface area contributed by atoms with Gasteiger partial charge in [0.2, 0.25) is 5.91 Å². The number of carbonyl (C=O) groups excluding carboxylic acids is 1. The Kier molecular flexibility index (Phi) is 8.37. The lowest BCUT2D eigenvalue weighted by Gasteiger charge is -2.20. The minimum absolute atomic E-state index is 0.0903. The summed E-state index contributed by atoms with van der Waals surface area (Å²) in [7, 11) is 3.17. The van der Waals surface area contributed by atoms with Crippen LogP contribution in [0.1, 0.15) is 22.7 Å². The minimum atomic E-state index is -0.520. The molecule has 0 bridgehead atoms. The van der Waals surface area contributed by atoms with Crippen LogP contribution in [0, 0.1) is 0 Å². The van der Waals surface area contributed by atoms with E-state index in [1.165, 1.54) is 0 Å². The summed E-state index contributed by atoms with van der Waals surface area (Å²) in [6.45, 7) is 1.17. The predicted molar refractivity (Wildman–Crippen MR) is 119 cm³/mol. The maximum Gasteiger partial charge on any atom is 0.241 e. The van der Waals surface area contributed by atoms with Crippen LogP contribution < -0.4 is 20.1 Å². The zero-order valence-corrected chi connectivity index (χ0v) is 17.9. The maximum atomic E-state index is 13.1. The number of nitrogens with one attached hydrogen (secondary N) is 2. The van der Waals surface area contributed by atoms with Crippen molar-refractivity contribution >= 4 is 5.91 Å². The molecule has 2 N–H and O–H groups in total. The standard InChI is InChI=1S/C24H28N4O3/c1-30-21-6-5-20(16-22(21)31-2)23(27-14-10-19-4-3-11-26-17-19)24(29)28-15-9-18-7-12-25-13-8-18/h3-8,11-13,16-17,23,27H,9-10,14-15H2,1-2H3,(H,28,29). The number of ether oxygens (including phenoxy) is 2. The topological polar surface area (TPSA) is 85.4 Å². The maximum absolute atomic E-state index is 13.1. The molecule has 162 valence electrons. The molecule has 1 atom stereocenters. The van der Waals surface area contributed by atoms with Gasteiger partial charge in [0.25, 0.3) is 0 Å². The van der Waals surface area contributed by atoms with Crippen LogP contribution in [0.25, 0.3) is 0 Å². The van der Waals surface area contributed by atoms with Gasteiger partial charge in [0.15, 0.2) is 11.5 Å². The van der Waals surface area contributed by atoms with E-state index in [1.807, 2.05) is 48.7 Å². The van der Waals surface area contributed by atoms with Crippen LogP contribution in [0.5, 0.6) is 11.5 Å². The second-order valence-electron chi connectivity index (χ2n) is 7.01. The molecule has 0 fully saturated rings. The van der Waals surface area contributed by atoms with Gasteiger partial charge in [-0.25, -0.2) is 0 Å². The number of nitrogens with zero attached hydrogens (tertiary/aromatic N) is 2. The average Bonchev–Trinajstić information content (AvgIpc) is 2.82. The van der Waals surface area contributed by atoms with E-state index in [0.29, 0.717) is 24.6 Å². The highest BCUT2D eigenvalue weighted by Gasteiger charge is 2.21. The van der Waals surface area contributed by atoms with Crippen LogP contribution in [0.4, 0.5) is 0 Å². The van der Waals surface area contributed by atoms with Crippen LogP contribution in [0.2, 0.25) is 0 Å². The highest BCUT2D eigenvalue weighted by molar-refractivity contribution is 5.83. The summed E-state index contributed by atoms with van der Waals surface area (Å²) in [5.41, 5.74) is 3.05. The predicted octanol–water partition coefficient (Wildman–Crippen LogP) is 2.73. The third-order valence-corrected chi connectivity index (χ3v) is 4.95. The Morgan fingerprint density at radius 2 is 1.68 bits per heavy atom. The zero-order valence-electron chi connectivity index (χ0n) is 17.9. The third kappa shape index (κ3) is 6.52. The molecule has 2 heterocycles. The Hall–Kier alpha value is -3.45.